The van der Waals surface area contributed by atoms with Crippen LogP contribution in [0.25, 0.3) is 0 Å². The number of hydrogen-bond acceptors (Lipinski definition) is 3. The SMILES string of the molecule is CN(C)C(=O)c1ccc(S(=O)(=O)F)cc1. The normalized spacial score (nSPS) is 11.1. The number of hydrogen-bond donors (Lipinski definition) is 0. The van der Waals surface area contributed by atoms with Crippen LogP contribution in [0, 0.1) is 0 Å². The Morgan fingerprint density at radius 3 is 2.00 bits per heavy atom. The zero-order valence-electron chi connectivity index (χ0n) is 8.27. The molecule has 0 aliphatic rings. The van der Waals surface area contributed by atoms with Gasteiger partial charge in [-0.3, -0.25) is 4.79 Å². The van der Waals surface area contributed by atoms with Gasteiger partial charge in [0.2, 0.25) is 0 Å². The highest BCUT2D eigenvalue weighted by Gasteiger charge is 2.13. The van der Waals surface area contributed by atoms with Crippen LogP contribution in [0.4, 0.5) is 3.89 Å². The summed E-state index contributed by atoms with van der Waals surface area (Å²) in [5.41, 5.74) is 0.312. The fourth-order valence-corrected chi connectivity index (χ4v) is 1.48. The van der Waals surface area contributed by atoms with Gasteiger partial charge in [0.1, 0.15) is 0 Å². The molecule has 0 unspecified atom stereocenters. The molecule has 0 aliphatic carbocycles. The van der Waals surface area contributed by atoms with E-state index in [-0.39, 0.29) is 5.91 Å². The van der Waals surface area contributed by atoms with Crippen molar-refractivity contribution < 1.29 is 17.1 Å². The largest absolute Gasteiger partial charge is 0.345 e. The van der Waals surface area contributed by atoms with Crippen molar-refractivity contribution in [1.82, 2.24) is 4.90 Å². The standard InChI is InChI=1S/C9H10FNO3S/c1-11(2)9(12)7-3-5-8(6-4-7)15(10,13)14/h3-6H,1-2H3. The van der Waals surface area contributed by atoms with Gasteiger partial charge in [-0.15, -0.1) is 3.89 Å². The third kappa shape index (κ3) is 2.76. The summed E-state index contributed by atoms with van der Waals surface area (Å²) < 4.78 is 33.5. The van der Waals surface area contributed by atoms with Gasteiger partial charge < -0.3 is 4.90 Å². The summed E-state index contributed by atoms with van der Waals surface area (Å²) in [7, 11) is -1.55. The van der Waals surface area contributed by atoms with Crippen molar-refractivity contribution in [2.75, 3.05) is 14.1 Å². The number of rotatable bonds is 2. The molecule has 4 nitrogen and oxygen atoms in total. The Bertz CT molecular complexity index is 465. The van der Waals surface area contributed by atoms with Crippen molar-refractivity contribution in [3.05, 3.63) is 29.8 Å². The molecule has 0 aliphatic heterocycles. The van der Waals surface area contributed by atoms with Crippen LogP contribution >= 0.6 is 0 Å². The van der Waals surface area contributed by atoms with Gasteiger partial charge >= 0.3 is 10.2 Å². The van der Waals surface area contributed by atoms with Crippen molar-refractivity contribution in [2.24, 2.45) is 0 Å². The third-order valence-corrected chi connectivity index (χ3v) is 2.62. The second kappa shape index (κ2) is 3.98. The first-order valence-corrected chi connectivity index (χ1v) is 5.47. The molecule has 0 spiro atoms. The number of carbonyl (C=O) groups is 1. The van der Waals surface area contributed by atoms with Crippen molar-refractivity contribution in [3.63, 3.8) is 0 Å². The molecule has 82 valence electrons. The molecule has 0 saturated heterocycles. The Morgan fingerprint density at radius 2 is 1.67 bits per heavy atom. The van der Waals surface area contributed by atoms with Gasteiger partial charge in [-0.05, 0) is 24.3 Å². The Morgan fingerprint density at radius 1 is 1.20 bits per heavy atom. The first-order chi connectivity index (χ1) is 6.82. The molecule has 0 bridgehead atoms. The van der Waals surface area contributed by atoms with E-state index in [0.29, 0.717) is 5.56 Å². The van der Waals surface area contributed by atoms with Gasteiger partial charge in [0.25, 0.3) is 5.91 Å². The van der Waals surface area contributed by atoms with Crippen LogP contribution in [0.1, 0.15) is 10.4 Å². The molecule has 0 heterocycles. The topological polar surface area (TPSA) is 54.5 Å². The summed E-state index contributed by atoms with van der Waals surface area (Å²) in [4.78, 5) is 12.3. The predicted octanol–water partition coefficient (Wildman–Crippen LogP) is 1.05. The molecular weight excluding hydrogens is 221 g/mol. The van der Waals surface area contributed by atoms with Crippen molar-refractivity contribution >= 4 is 16.1 Å². The molecule has 0 atom stereocenters. The average molecular weight is 231 g/mol. The maximum Gasteiger partial charge on any atom is 0.332 e. The van der Waals surface area contributed by atoms with E-state index in [0.717, 1.165) is 12.1 Å². The summed E-state index contributed by atoms with van der Waals surface area (Å²) in [6.07, 6.45) is 0. The highest BCUT2D eigenvalue weighted by atomic mass is 32.3. The van der Waals surface area contributed by atoms with E-state index in [2.05, 4.69) is 0 Å². The lowest BCUT2D eigenvalue weighted by Crippen LogP contribution is -2.21. The fourth-order valence-electron chi connectivity index (χ4n) is 1.02. The van der Waals surface area contributed by atoms with E-state index < -0.39 is 15.1 Å². The maximum atomic E-state index is 12.5. The summed E-state index contributed by atoms with van der Waals surface area (Å²) >= 11 is 0. The molecule has 15 heavy (non-hydrogen) atoms. The fraction of sp³-hybridized carbons (Fsp3) is 0.222. The summed E-state index contributed by atoms with van der Waals surface area (Å²) in [5, 5.41) is 0. The Labute approximate surface area is 87.5 Å². The van der Waals surface area contributed by atoms with Crippen molar-refractivity contribution in [1.29, 1.82) is 0 Å². The van der Waals surface area contributed by atoms with E-state index in [1.54, 1.807) is 14.1 Å². The van der Waals surface area contributed by atoms with E-state index in [1.165, 1.54) is 17.0 Å². The molecule has 1 aromatic rings. The number of carbonyl (C=O) groups excluding carboxylic acids is 1. The summed E-state index contributed by atoms with van der Waals surface area (Å²) in [5.74, 6) is -0.266. The van der Waals surface area contributed by atoms with Gasteiger partial charge in [-0.25, -0.2) is 0 Å². The van der Waals surface area contributed by atoms with Crippen LogP contribution in [0.15, 0.2) is 29.2 Å². The van der Waals surface area contributed by atoms with Gasteiger partial charge in [0, 0.05) is 19.7 Å². The molecule has 0 radical (unpaired) electrons. The summed E-state index contributed by atoms with van der Waals surface area (Å²) in [6.45, 7) is 0. The zero-order chi connectivity index (χ0) is 11.6. The number of nitrogens with zero attached hydrogens (tertiary/aromatic N) is 1. The van der Waals surface area contributed by atoms with Crippen LogP contribution in [0.3, 0.4) is 0 Å². The van der Waals surface area contributed by atoms with Gasteiger partial charge in [0.05, 0.1) is 4.90 Å². The van der Waals surface area contributed by atoms with Crippen LogP contribution < -0.4 is 0 Å². The summed E-state index contributed by atoms with van der Waals surface area (Å²) in [6, 6.07) is 4.67. The Balaban J connectivity index is 3.06. The van der Waals surface area contributed by atoms with Crippen LogP contribution in [0.5, 0.6) is 0 Å². The lowest BCUT2D eigenvalue weighted by atomic mass is 10.2. The Hall–Kier alpha value is -1.43. The van der Waals surface area contributed by atoms with Crippen LogP contribution in [0.2, 0.25) is 0 Å². The molecule has 0 fully saturated rings. The lowest BCUT2D eigenvalue weighted by molar-refractivity contribution is 0.0827. The first kappa shape index (κ1) is 11.6. The maximum absolute atomic E-state index is 12.5. The van der Waals surface area contributed by atoms with Crippen LogP contribution in [-0.2, 0) is 10.2 Å². The first-order valence-electron chi connectivity index (χ1n) is 4.09. The number of benzene rings is 1. The second-order valence-electron chi connectivity index (χ2n) is 3.16. The molecule has 0 saturated carbocycles. The van der Waals surface area contributed by atoms with Crippen molar-refractivity contribution in [2.45, 2.75) is 4.90 Å². The van der Waals surface area contributed by atoms with Crippen LogP contribution in [-0.4, -0.2) is 33.3 Å². The van der Waals surface area contributed by atoms with Gasteiger partial charge in [0.15, 0.2) is 0 Å². The zero-order valence-corrected chi connectivity index (χ0v) is 9.08. The smallest absolute Gasteiger partial charge is 0.332 e. The highest BCUT2D eigenvalue weighted by molar-refractivity contribution is 7.86. The molecule has 0 aromatic heterocycles. The Kier molecular flexibility index (Phi) is 3.09. The highest BCUT2D eigenvalue weighted by Crippen LogP contribution is 2.13. The van der Waals surface area contributed by atoms with E-state index >= 15 is 0 Å². The second-order valence-corrected chi connectivity index (χ2v) is 4.51. The average Bonchev–Trinajstić information content (AvgIpc) is 2.15. The minimum Gasteiger partial charge on any atom is -0.345 e. The van der Waals surface area contributed by atoms with Gasteiger partial charge in [-0.1, -0.05) is 0 Å². The number of amides is 1. The van der Waals surface area contributed by atoms with E-state index in [1.807, 2.05) is 0 Å². The lowest BCUT2D eigenvalue weighted by Gasteiger charge is -2.09. The molecule has 1 rings (SSSR count). The molecule has 1 aromatic carbocycles. The number of halogens is 1. The third-order valence-electron chi connectivity index (χ3n) is 1.79. The van der Waals surface area contributed by atoms with E-state index in [4.69, 9.17) is 0 Å². The predicted molar refractivity (Wildman–Crippen MR) is 52.8 cm³/mol. The van der Waals surface area contributed by atoms with Crippen molar-refractivity contribution in [3.8, 4) is 0 Å². The minimum absolute atomic E-state index is 0.266. The minimum atomic E-state index is -4.69. The molecule has 6 heteroatoms. The van der Waals surface area contributed by atoms with E-state index in [9.17, 15) is 17.1 Å². The molecular formula is C9H10FNO3S. The quantitative estimate of drug-likeness (QED) is 0.715. The van der Waals surface area contributed by atoms with Gasteiger partial charge in [-0.2, -0.15) is 8.42 Å². The molecule has 1 amide bonds. The monoisotopic (exact) mass is 231 g/mol. The molecule has 0 N–H and O–H groups in total.